The summed E-state index contributed by atoms with van der Waals surface area (Å²) in [4.78, 5) is 25.8. The van der Waals surface area contributed by atoms with Crippen LogP contribution in [0.3, 0.4) is 0 Å². The summed E-state index contributed by atoms with van der Waals surface area (Å²) in [5.41, 5.74) is 2.53. The van der Waals surface area contributed by atoms with Crippen LogP contribution in [0.15, 0.2) is 0 Å². The third-order valence-electron chi connectivity index (χ3n) is 4.38. The first kappa shape index (κ1) is 15.8. The number of aromatic amines is 1. The first-order valence-electron chi connectivity index (χ1n) is 8.18. The van der Waals surface area contributed by atoms with Crippen LogP contribution in [0.4, 0.5) is 4.79 Å². The zero-order valence-corrected chi connectivity index (χ0v) is 13.4. The molecule has 3 heterocycles. The Morgan fingerprint density at radius 2 is 2.17 bits per heavy atom. The van der Waals surface area contributed by atoms with Crippen molar-refractivity contribution >= 4 is 12.0 Å². The van der Waals surface area contributed by atoms with Crippen molar-refractivity contribution in [3.05, 3.63) is 17.0 Å². The maximum Gasteiger partial charge on any atom is 0.409 e. The number of hydrogen-bond acceptors (Lipinski definition) is 5. The van der Waals surface area contributed by atoms with Gasteiger partial charge in [0.25, 0.3) is 5.91 Å². The minimum absolute atomic E-state index is 0.0715. The van der Waals surface area contributed by atoms with Gasteiger partial charge < -0.3 is 20.3 Å². The highest BCUT2D eigenvalue weighted by Crippen LogP contribution is 2.17. The summed E-state index contributed by atoms with van der Waals surface area (Å²) in [5, 5.41) is 13.4. The number of rotatable bonds is 3. The van der Waals surface area contributed by atoms with Gasteiger partial charge in [-0.25, -0.2) is 4.79 Å². The van der Waals surface area contributed by atoms with Crippen molar-refractivity contribution < 1.29 is 14.3 Å². The first-order valence-corrected chi connectivity index (χ1v) is 8.18. The fraction of sp³-hybridized carbons (Fsp3) is 0.667. The van der Waals surface area contributed by atoms with Crippen LogP contribution in [0.5, 0.6) is 0 Å². The smallest absolute Gasteiger partial charge is 0.409 e. The lowest BCUT2D eigenvalue weighted by atomic mass is 10.0. The number of carbonyl (C=O) groups is 2. The molecule has 2 amide bonds. The molecule has 0 radical (unpaired) electrons. The summed E-state index contributed by atoms with van der Waals surface area (Å²) in [6, 6.07) is 0.0715. The summed E-state index contributed by atoms with van der Waals surface area (Å²) in [6.07, 6.45) is 2.01. The summed E-state index contributed by atoms with van der Waals surface area (Å²) in [7, 11) is 0. The number of amides is 2. The van der Waals surface area contributed by atoms with Crippen molar-refractivity contribution in [1.82, 2.24) is 25.7 Å². The molecule has 3 N–H and O–H groups in total. The van der Waals surface area contributed by atoms with Crippen molar-refractivity contribution in [2.24, 2.45) is 0 Å². The molecular weight excluding hydrogens is 298 g/mol. The maximum atomic E-state index is 12.4. The van der Waals surface area contributed by atoms with Crippen LogP contribution in [0, 0.1) is 0 Å². The Morgan fingerprint density at radius 1 is 1.39 bits per heavy atom. The predicted octanol–water partition coefficient (Wildman–Crippen LogP) is 0.406. The quantitative estimate of drug-likeness (QED) is 0.749. The van der Waals surface area contributed by atoms with E-state index >= 15 is 0 Å². The highest BCUT2D eigenvalue weighted by Gasteiger charge is 2.27. The van der Waals surface area contributed by atoms with Crippen LogP contribution in [0.25, 0.3) is 0 Å². The molecule has 2 aliphatic heterocycles. The van der Waals surface area contributed by atoms with Crippen LogP contribution in [-0.2, 0) is 17.7 Å². The average Bonchev–Trinajstić information content (AvgIpc) is 3.00. The Labute approximate surface area is 134 Å². The van der Waals surface area contributed by atoms with Crippen molar-refractivity contribution in [1.29, 1.82) is 0 Å². The van der Waals surface area contributed by atoms with Gasteiger partial charge in [0.1, 0.15) is 0 Å². The van der Waals surface area contributed by atoms with Crippen molar-refractivity contribution in [2.75, 3.05) is 26.2 Å². The Kier molecular flexibility index (Phi) is 4.80. The molecule has 126 valence electrons. The van der Waals surface area contributed by atoms with E-state index in [9.17, 15) is 9.59 Å². The normalized spacial score (nSPS) is 18.4. The van der Waals surface area contributed by atoms with E-state index in [1.54, 1.807) is 11.8 Å². The fourth-order valence-corrected chi connectivity index (χ4v) is 3.11. The largest absolute Gasteiger partial charge is 0.450 e. The predicted molar refractivity (Wildman–Crippen MR) is 83.1 cm³/mol. The molecule has 8 nitrogen and oxygen atoms in total. The number of hydrogen-bond donors (Lipinski definition) is 3. The van der Waals surface area contributed by atoms with Crippen LogP contribution in [0.2, 0.25) is 0 Å². The van der Waals surface area contributed by atoms with Crippen LogP contribution in [0.1, 0.15) is 41.5 Å². The number of H-pyrrole nitrogens is 1. The van der Waals surface area contributed by atoms with Gasteiger partial charge in [-0.1, -0.05) is 0 Å². The molecule has 3 rings (SSSR count). The van der Waals surface area contributed by atoms with Gasteiger partial charge in [0.15, 0.2) is 5.69 Å². The number of likely N-dealkylation sites (tertiary alicyclic amines) is 1. The van der Waals surface area contributed by atoms with E-state index in [-0.39, 0.29) is 18.0 Å². The molecule has 0 atom stereocenters. The van der Waals surface area contributed by atoms with Gasteiger partial charge in [0, 0.05) is 31.2 Å². The van der Waals surface area contributed by atoms with E-state index in [0.717, 1.165) is 43.6 Å². The van der Waals surface area contributed by atoms with Crippen molar-refractivity contribution in [3.63, 3.8) is 0 Å². The SMILES string of the molecule is CCOC(=O)N1CCC(NC(=O)c2n[nH]c3c2CCNC3)CC1. The van der Waals surface area contributed by atoms with E-state index in [2.05, 4.69) is 20.8 Å². The topological polar surface area (TPSA) is 99.3 Å². The summed E-state index contributed by atoms with van der Waals surface area (Å²) in [5.74, 6) is -0.126. The van der Waals surface area contributed by atoms with Gasteiger partial charge in [-0.2, -0.15) is 5.10 Å². The van der Waals surface area contributed by atoms with E-state index in [1.165, 1.54) is 0 Å². The van der Waals surface area contributed by atoms with Crippen LogP contribution >= 0.6 is 0 Å². The molecule has 1 aromatic rings. The molecule has 8 heteroatoms. The molecule has 1 saturated heterocycles. The second-order valence-corrected chi connectivity index (χ2v) is 5.89. The number of carbonyl (C=O) groups excluding carboxylic acids is 2. The Morgan fingerprint density at radius 3 is 2.91 bits per heavy atom. The molecule has 1 fully saturated rings. The molecule has 1 aromatic heterocycles. The Bertz CT molecular complexity index is 578. The summed E-state index contributed by atoms with van der Waals surface area (Å²) in [6.45, 7) is 4.98. The second kappa shape index (κ2) is 6.99. The number of nitrogens with one attached hydrogen (secondary N) is 3. The van der Waals surface area contributed by atoms with E-state index in [1.807, 2.05) is 0 Å². The lowest BCUT2D eigenvalue weighted by Crippen LogP contribution is -2.47. The lowest BCUT2D eigenvalue weighted by molar-refractivity contribution is 0.0856. The molecule has 2 aliphatic rings. The van der Waals surface area contributed by atoms with E-state index < -0.39 is 0 Å². The molecule has 0 aromatic carbocycles. The Balaban J connectivity index is 1.54. The molecule has 0 aliphatic carbocycles. The molecule has 0 saturated carbocycles. The van der Waals surface area contributed by atoms with E-state index in [0.29, 0.717) is 25.4 Å². The number of fused-ring (bicyclic) bond motifs is 1. The first-order chi connectivity index (χ1) is 11.2. The molecule has 23 heavy (non-hydrogen) atoms. The monoisotopic (exact) mass is 321 g/mol. The average molecular weight is 321 g/mol. The zero-order chi connectivity index (χ0) is 16.2. The highest BCUT2D eigenvalue weighted by molar-refractivity contribution is 5.94. The van der Waals surface area contributed by atoms with Crippen LogP contribution < -0.4 is 10.6 Å². The third-order valence-corrected chi connectivity index (χ3v) is 4.38. The molecule has 0 unspecified atom stereocenters. The van der Waals surface area contributed by atoms with Crippen LogP contribution in [-0.4, -0.2) is 59.4 Å². The highest BCUT2D eigenvalue weighted by atomic mass is 16.6. The molecular formula is C15H23N5O3. The second-order valence-electron chi connectivity index (χ2n) is 5.89. The molecule has 0 spiro atoms. The maximum absolute atomic E-state index is 12.4. The fourth-order valence-electron chi connectivity index (χ4n) is 3.11. The number of piperidine rings is 1. The molecule has 0 bridgehead atoms. The minimum atomic E-state index is -0.272. The minimum Gasteiger partial charge on any atom is -0.450 e. The number of aromatic nitrogens is 2. The van der Waals surface area contributed by atoms with Gasteiger partial charge >= 0.3 is 6.09 Å². The van der Waals surface area contributed by atoms with Crippen molar-refractivity contribution in [3.8, 4) is 0 Å². The van der Waals surface area contributed by atoms with E-state index in [4.69, 9.17) is 4.74 Å². The van der Waals surface area contributed by atoms with Gasteiger partial charge in [0.2, 0.25) is 0 Å². The van der Waals surface area contributed by atoms with Gasteiger partial charge in [0.05, 0.1) is 12.3 Å². The van der Waals surface area contributed by atoms with Gasteiger partial charge in [-0.05, 0) is 32.7 Å². The number of ether oxygens (including phenoxy) is 1. The Hall–Kier alpha value is -2.09. The zero-order valence-electron chi connectivity index (χ0n) is 13.4. The van der Waals surface area contributed by atoms with Gasteiger partial charge in [-0.15, -0.1) is 0 Å². The lowest BCUT2D eigenvalue weighted by Gasteiger charge is -2.31. The summed E-state index contributed by atoms with van der Waals surface area (Å²) >= 11 is 0. The van der Waals surface area contributed by atoms with Crippen molar-refractivity contribution in [2.45, 2.75) is 38.8 Å². The number of nitrogens with zero attached hydrogens (tertiary/aromatic N) is 2. The van der Waals surface area contributed by atoms with Gasteiger partial charge in [-0.3, -0.25) is 9.89 Å². The summed E-state index contributed by atoms with van der Waals surface area (Å²) < 4.78 is 5.00. The standard InChI is InChI=1S/C15H23N5O3/c1-2-23-15(22)20-7-4-10(5-8-20)17-14(21)13-11-3-6-16-9-12(11)18-19-13/h10,16H,2-9H2,1H3,(H,17,21)(H,18,19). The third kappa shape index (κ3) is 3.47.